The molecule has 2 radical (unpaired) electrons. The topological polar surface area (TPSA) is 27.1 Å². The standard InChI is InChI=1S/C21H23BF2N2O/c1-5-15(16-6-8-18(9-7-16)27-20(3,4)23)13-26-14(2)12-25-19(26)17-10-21(22,24)11-17/h5-9,12-13,17H,1,10-11H2,2-4H3/b15-13+. The Morgan fingerprint density at radius 2 is 2.00 bits per heavy atom. The number of ether oxygens (including phenoxy) is 1. The molecule has 3 nitrogen and oxygen atoms in total. The van der Waals surface area contributed by atoms with Crippen molar-refractivity contribution in [2.45, 2.75) is 51.0 Å². The average Bonchev–Trinajstić information content (AvgIpc) is 2.90. The van der Waals surface area contributed by atoms with Gasteiger partial charge in [0.25, 0.3) is 0 Å². The molecular weight excluding hydrogens is 345 g/mol. The smallest absolute Gasteiger partial charge is 0.242 e. The lowest BCUT2D eigenvalue weighted by Crippen LogP contribution is -2.39. The number of allylic oxidation sites excluding steroid dienone is 2. The van der Waals surface area contributed by atoms with E-state index in [1.165, 1.54) is 13.8 Å². The highest BCUT2D eigenvalue weighted by Crippen LogP contribution is 2.45. The second-order valence-corrected chi connectivity index (χ2v) is 7.55. The molecule has 0 bridgehead atoms. The number of hydrogen-bond acceptors (Lipinski definition) is 2. The summed E-state index contributed by atoms with van der Waals surface area (Å²) in [6.45, 7) is 8.54. The van der Waals surface area contributed by atoms with E-state index < -0.39 is 11.4 Å². The zero-order valence-corrected chi connectivity index (χ0v) is 15.9. The zero-order valence-electron chi connectivity index (χ0n) is 15.9. The molecule has 0 aliphatic heterocycles. The first-order valence-electron chi connectivity index (χ1n) is 8.92. The minimum Gasteiger partial charge on any atom is -0.459 e. The molecular formula is C21H23BF2N2O. The molecule has 0 N–H and O–H groups in total. The summed E-state index contributed by atoms with van der Waals surface area (Å²) in [5.41, 5.74) is 1.11. The van der Waals surface area contributed by atoms with E-state index in [0.29, 0.717) is 5.75 Å². The summed E-state index contributed by atoms with van der Waals surface area (Å²) in [6.07, 6.45) is 5.97. The van der Waals surface area contributed by atoms with E-state index in [2.05, 4.69) is 11.6 Å². The van der Waals surface area contributed by atoms with Gasteiger partial charge in [0.1, 0.15) is 19.4 Å². The Balaban J connectivity index is 1.87. The first-order valence-corrected chi connectivity index (χ1v) is 8.92. The van der Waals surface area contributed by atoms with Crippen LogP contribution in [0.25, 0.3) is 11.8 Å². The first kappa shape index (κ1) is 19.4. The van der Waals surface area contributed by atoms with Crippen LogP contribution in [0.4, 0.5) is 8.78 Å². The van der Waals surface area contributed by atoms with Crippen LogP contribution < -0.4 is 4.74 Å². The number of aryl methyl sites for hydroxylation is 1. The summed E-state index contributed by atoms with van der Waals surface area (Å²) in [5.74, 6) is -0.493. The van der Waals surface area contributed by atoms with Crippen LogP contribution in [0.1, 0.15) is 49.7 Å². The lowest BCUT2D eigenvalue weighted by Gasteiger charge is -2.38. The second kappa shape index (κ2) is 6.99. The molecule has 1 saturated carbocycles. The predicted molar refractivity (Wildman–Crippen MR) is 105 cm³/mol. The van der Waals surface area contributed by atoms with Crippen LogP contribution in [0.2, 0.25) is 0 Å². The molecule has 0 amide bonds. The van der Waals surface area contributed by atoms with E-state index in [1.54, 1.807) is 24.4 Å². The van der Waals surface area contributed by atoms with Crippen molar-refractivity contribution in [3.63, 3.8) is 0 Å². The molecule has 27 heavy (non-hydrogen) atoms. The average molecular weight is 368 g/mol. The normalized spacial score (nSPS) is 23.0. The van der Waals surface area contributed by atoms with E-state index in [0.717, 1.165) is 22.7 Å². The van der Waals surface area contributed by atoms with Crippen LogP contribution in [0.3, 0.4) is 0 Å². The third-order valence-electron chi connectivity index (χ3n) is 4.58. The summed E-state index contributed by atoms with van der Waals surface area (Å²) in [6, 6.07) is 7.12. The SMILES string of the molecule is [B]C1(F)CC(c2ncc(C)n2/C=C(\C=C)c2ccc(OC(C)(C)F)cc2)C1. The number of hydrogen-bond donors (Lipinski definition) is 0. The number of aromatic nitrogens is 2. The molecule has 0 saturated heterocycles. The van der Waals surface area contributed by atoms with E-state index in [1.807, 2.05) is 29.8 Å². The maximum Gasteiger partial charge on any atom is 0.242 e. The summed E-state index contributed by atoms with van der Waals surface area (Å²) < 4.78 is 34.5. The summed E-state index contributed by atoms with van der Waals surface area (Å²) in [7, 11) is 5.51. The van der Waals surface area contributed by atoms with Gasteiger partial charge in [-0.2, -0.15) is 4.39 Å². The van der Waals surface area contributed by atoms with Gasteiger partial charge in [-0.1, -0.05) is 24.8 Å². The number of alkyl halides is 2. The minimum absolute atomic E-state index is 0.00132. The highest BCUT2D eigenvalue weighted by molar-refractivity contribution is 6.15. The summed E-state index contributed by atoms with van der Waals surface area (Å²) >= 11 is 0. The fourth-order valence-electron chi connectivity index (χ4n) is 3.26. The molecule has 1 aromatic carbocycles. The molecule has 1 aliphatic carbocycles. The van der Waals surface area contributed by atoms with Crippen molar-refractivity contribution >= 4 is 19.6 Å². The zero-order chi connectivity index (χ0) is 19.8. The Labute approximate surface area is 160 Å². The molecule has 0 spiro atoms. The van der Waals surface area contributed by atoms with Crippen LogP contribution in [0.15, 0.2) is 43.1 Å². The van der Waals surface area contributed by atoms with Crippen LogP contribution in [0.5, 0.6) is 5.75 Å². The lowest BCUT2D eigenvalue weighted by molar-refractivity contribution is -0.0257. The van der Waals surface area contributed by atoms with Gasteiger partial charge >= 0.3 is 0 Å². The molecule has 1 fully saturated rings. The van der Waals surface area contributed by atoms with Crippen LogP contribution >= 0.6 is 0 Å². The van der Waals surface area contributed by atoms with Gasteiger partial charge in [0.05, 0.1) is 5.57 Å². The van der Waals surface area contributed by atoms with E-state index in [4.69, 9.17) is 12.6 Å². The summed E-state index contributed by atoms with van der Waals surface area (Å²) in [4.78, 5) is 4.44. The fraction of sp³-hybridized carbons (Fsp3) is 0.381. The van der Waals surface area contributed by atoms with Crippen LogP contribution in [-0.4, -0.2) is 28.8 Å². The lowest BCUT2D eigenvalue weighted by atomic mass is 9.61. The second-order valence-electron chi connectivity index (χ2n) is 7.55. The fourth-order valence-corrected chi connectivity index (χ4v) is 3.26. The van der Waals surface area contributed by atoms with Gasteiger partial charge < -0.3 is 9.30 Å². The highest BCUT2D eigenvalue weighted by Gasteiger charge is 2.42. The van der Waals surface area contributed by atoms with Crippen LogP contribution in [0, 0.1) is 6.92 Å². The van der Waals surface area contributed by atoms with Crippen LogP contribution in [-0.2, 0) is 0 Å². The Kier molecular flexibility index (Phi) is 5.02. The molecule has 0 atom stereocenters. The maximum atomic E-state index is 13.7. The van der Waals surface area contributed by atoms with Gasteiger partial charge in [-0.3, -0.25) is 4.39 Å². The Bertz CT molecular complexity index is 855. The van der Waals surface area contributed by atoms with Gasteiger partial charge in [-0.25, -0.2) is 4.98 Å². The van der Waals surface area contributed by atoms with Crippen molar-refractivity contribution < 1.29 is 13.5 Å². The molecule has 1 aromatic heterocycles. The molecule has 1 heterocycles. The van der Waals surface area contributed by atoms with Gasteiger partial charge in [0.15, 0.2) is 0 Å². The number of nitrogens with zero attached hydrogens (tertiary/aromatic N) is 2. The van der Waals surface area contributed by atoms with Crippen molar-refractivity contribution in [2.24, 2.45) is 0 Å². The highest BCUT2D eigenvalue weighted by atomic mass is 19.2. The predicted octanol–water partition coefficient (Wildman–Crippen LogP) is 5.17. The third-order valence-corrected chi connectivity index (χ3v) is 4.58. The monoisotopic (exact) mass is 368 g/mol. The Morgan fingerprint density at radius 3 is 2.52 bits per heavy atom. The Morgan fingerprint density at radius 1 is 1.37 bits per heavy atom. The van der Waals surface area contributed by atoms with Crippen molar-refractivity contribution in [1.82, 2.24) is 9.55 Å². The summed E-state index contributed by atoms with van der Waals surface area (Å²) in [5, 5.41) is 0. The number of benzene rings is 1. The van der Waals surface area contributed by atoms with Gasteiger partial charge in [0, 0.05) is 37.9 Å². The molecule has 6 heteroatoms. The molecule has 2 aromatic rings. The van der Waals surface area contributed by atoms with E-state index in [9.17, 15) is 8.78 Å². The number of imidazole rings is 1. The van der Waals surface area contributed by atoms with Gasteiger partial charge in [-0.15, -0.1) is 0 Å². The quantitative estimate of drug-likeness (QED) is 0.520. The minimum atomic E-state index is -1.74. The number of halogens is 2. The molecule has 1 aliphatic rings. The van der Waals surface area contributed by atoms with Gasteiger partial charge in [-0.05, 0) is 43.0 Å². The van der Waals surface area contributed by atoms with E-state index >= 15 is 0 Å². The molecule has 3 rings (SSSR count). The van der Waals surface area contributed by atoms with Gasteiger partial charge in [0.2, 0.25) is 5.85 Å². The largest absolute Gasteiger partial charge is 0.459 e. The van der Waals surface area contributed by atoms with Crippen molar-refractivity contribution in [2.75, 3.05) is 0 Å². The third kappa shape index (κ3) is 4.49. The maximum absolute atomic E-state index is 13.7. The van der Waals surface area contributed by atoms with Crippen molar-refractivity contribution in [3.8, 4) is 5.75 Å². The molecule has 140 valence electrons. The molecule has 0 unspecified atom stereocenters. The first-order chi connectivity index (χ1) is 12.6. The van der Waals surface area contributed by atoms with Crippen molar-refractivity contribution in [3.05, 3.63) is 60.2 Å². The van der Waals surface area contributed by atoms with E-state index in [-0.39, 0.29) is 18.8 Å². The van der Waals surface area contributed by atoms with Crippen molar-refractivity contribution in [1.29, 1.82) is 0 Å². The Hall–Kier alpha value is -2.37. The number of rotatable bonds is 6.